The molecule has 2 aromatic rings. The number of rotatable bonds is 6. The summed E-state index contributed by atoms with van der Waals surface area (Å²) in [6.07, 6.45) is 1.36. The summed E-state index contributed by atoms with van der Waals surface area (Å²) in [4.78, 5) is 22.0. The first-order valence-corrected chi connectivity index (χ1v) is 7.52. The number of hydrogen-bond acceptors (Lipinski definition) is 6. The lowest BCUT2D eigenvalue weighted by atomic mass is 10.3. The van der Waals surface area contributed by atoms with Gasteiger partial charge in [0.15, 0.2) is 0 Å². The summed E-state index contributed by atoms with van der Waals surface area (Å²) in [6.45, 7) is 5.17. The van der Waals surface area contributed by atoms with Gasteiger partial charge in [0.2, 0.25) is 11.9 Å². The molecule has 7 heteroatoms. The van der Waals surface area contributed by atoms with E-state index in [2.05, 4.69) is 33.6 Å². The number of hydrogen-bond donors (Lipinski definition) is 3. The Morgan fingerprint density at radius 1 is 1.40 bits per heavy atom. The van der Waals surface area contributed by atoms with Crippen LogP contribution in [0, 0.1) is 0 Å². The summed E-state index contributed by atoms with van der Waals surface area (Å²) >= 11 is 1.62. The monoisotopic (exact) mass is 293 g/mol. The molecule has 6 nitrogen and oxygen atoms in total. The third-order valence-electron chi connectivity index (χ3n) is 2.83. The quantitative estimate of drug-likeness (QED) is 0.755. The van der Waals surface area contributed by atoms with Crippen LogP contribution >= 0.6 is 11.3 Å². The summed E-state index contributed by atoms with van der Waals surface area (Å²) in [6, 6.07) is 2.08. The number of thiophene rings is 1. The van der Waals surface area contributed by atoms with E-state index in [9.17, 15) is 4.79 Å². The molecule has 0 radical (unpaired) electrons. The SMILES string of the molecule is CCNC(=O)CCNc1nc(N)nc2sc(CC)cc12. The summed E-state index contributed by atoms with van der Waals surface area (Å²) in [7, 11) is 0. The molecule has 0 saturated heterocycles. The molecule has 4 N–H and O–H groups in total. The van der Waals surface area contributed by atoms with Crippen LogP contribution in [0.15, 0.2) is 6.07 Å². The fourth-order valence-electron chi connectivity index (χ4n) is 1.88. The van der Waals surface area contributed by atoms with Gasteiger partial charge in [-0.25, -0.2) is 4.98 Å². The molecule has 0 saturated carbocycles. The highest BCUT2D eigenvalue weighted by molar-refractivity contribution is 7.18. The largest absolute Gasteiger partial charge is 0.369 e. The molecule has 0 aliphatic rings. The molecule has 2 heterocycles. The summed E-state index contributed by atoms with van der Waals surface area (Å²) in [5.74, 6) is 0.980. The van der Waals surface area contributed by atoms with Crippen molar-refractivity contribution in [2.75, 3.05) is 24.1 Å². The molecule has 0 fully saturated rings. The molecule has 20 heavy (non-hydrogen) atoms. The van der Waals surface area contributed by atoms with Gasteiger partial charge in [0.25, 0.3) is 0 Å². The van der Waals surface area contributed by atoms with Crippen LogP contribution in [0.1, 0.15) is 25.1 Å². The van der Waals surface area contributed by atoms with Crippen molar-refractivity contribution < 1.29 is 4.79 Å². The second kappa shape index (κ2) is 6.51. The van der Waals surface area contributed by atoms with E-state index in [1.165, 1.54) is 4.88 Å². The van der Waals surface area contributed by atoms with Gasteiger partial charge in [-0.15, -0.1) is 11.3 Å². The number of anilines is 2. The minimum atomic E-state index is 0.0258. The Balaban J connectivity index is 2.12. The highest BCUT2D eigenvalue weighted by atomic mass is 32.1. The number of nitrogens with zero attached hydrogens (tertiary/aromatic N) is 2. The Labute approximate surface area is 121 Å². The van der Waals surface area contributed by atoms with Gasteiger partial charge in [-0.05, 0) is 19.4 Å². The topological polar surface area (TPSA) is 92.9 Å². The third-order valence-corrected chi connectivity index (χ3v) is 4.00. The van der Waals surface area contributed by atoms with Crippen LogP contribution in [0.2, 0.25) is 0 Å². The lowest BCUT2D eigenvalue weighted by Gasteiger charge is -2.07. The summed E-state index contributed by atoms with van der Waals surface area (Å²) < 4.78 is 0. The zero-order valence-electron chi connectivity index (χ0n) is 11.7. The maximum Gasteiger partial charge on any atom is 0.223 e. The van der Waals surface area contributed by atoms with Crippen LogP contribution < -0.4 is 16.4 Å². The van der Waals surface area contributed by atoms with E-state index >= 15 is 0 Å². The standard InChI is InChI=1S/C13H19N5OS/c1-3-8-7-9-11(16-6-5-10(19)15-4-2)17-13(14)18-12(9)20-8/h7H,3-6H2,1-2H3,(H,15,19)(H3,14,16,17,18). The Hall–Kier alpha value is -1.89. The van der Waals surface area contributed by atoms with Gasteiger partial charge in [0.1, 0.15) is 10.6 Å². The van der Waals surface area contributed by atoms with Crippen molar-refractivity contribution in [1.29, 1.82) is 0 Å². The van der Waals surface area contributed by atoms with Gasteiger partial charge in [-0.1, -0.05) is 6.92 Å². The number of nitrogens with two attached hydrogens (primary N) is 1. The Morgan fingerprint density at radius 2 is 2.20 bits per heavy atom. The van der Waals surface area contributed by atoms with Crippen LogP contribution in [0.25, 0.3) is 10.2 Å². The molecule has 108 valence electrons. The van der Waals surface area contributed by atoms with Crippen molar-refractivity contribution in [1.82, 2.24) is 15.3 Å². The van der Waals surface area contributed by atoms with Gasteiger partial charge < -0.3 is 16.4 Å². The molecule has 0 aliphatic heterocycles. The van der Waals surface area contributed by atoms with E-state index < -0.39 is 0 Å². The smallest absolute Gasteiger partial charge is 0.223 e. The molecule has 2 aromatic heterocycles. The fourth-order valence-corrected chi connectivity index (χ4v) is 2.85. The molecule has 0 unspecified atom stereocenters. The van der Waals surface area contributed by atoms with Crippen molar-refractivity contribution >= 4 is 39.2 Å². The molecule has 1 amide bonds. The zero-order valence-corrected chi connectivity index (χ0v) is 12.5. The first-order chi connectivity index (χ1) is 9.63. The van der Waals surface area contributed by atoms with Crippen molar-refractivity contribution in [2.24, 2.45) is 0 Å². The number of nitrogen functional groups attached to an aromatic ring is 1. The average molecular weight is 293 g/mol. The van der Waals surface area contributed by atoms with Crippen LogP contribution in [0.3, 0.4) is 0 Å². The van der Waals surface area contributed by atoms with E-state index in [1.807, 2.05) is 6.92 Å². The number of nitrogens with one attached hydrogen (secondary N) is 2. The minimum Gasteiger partial charge on any atom is -0.369 e. The second-order valence-electron chi connectivity index (χ2n) is 4.35. The number of carbonyl (C=O) groups excluding carboxylic acids is 1. The van der Waals surface area contributed by atoms with E-state index in [0.717, 1.165) is 16.6 Å². The number of carbonyl (C=O) groups is 1. The maximum absolute atomic E-state index is 11.4. The van der Waals surface area contributed by atoms with Crippen LogP contribution in [-0.2, 0) is 11.2 Å². The zero-order chi connectivity index (χ0) is 14.5. The van der Waals surface area contributed by atoms with Gasteiger partial charge >= 0.3 is 0 Å². The molecule has 0 atom stereocenters. The first kappa shape index (κ1) is 14.5. The molecular weight excluding hydrogens is 274 g/mol. The number of amides is 1. The number of aromatic nitrogens is 2. The highest BCUT2D eigenvalue weighted by Crippen LogP contribution is 2.29. The normalized spacial score (nSPS) is 10.7. The van der Waals surface area contributed by atoms with Gasteiger partial charge in [0, 0.05) is 24.4 Å². The van der Waals surface area contributed by atoms with Crippen molar-refractivity contribution in [3.05, 3.63) is 10.9 Å². The molecule has 0 aromatic carbocycles. The molecule has 2 rings (SSSR count). The van der Waals surface area contributed by atoms with Gasteiger partial charge in [-0.2, -0.15) is 4.98 Å². The Morgan fingerprint density at radius 3 is 2.90 bits per heavy atom. The van der Waals surface area contributed by atoms with E-state index in [1.54, 1.807) is 11.3 Å². The summed E-state index contributed by atoms with van der Waals surface area (Å²) in [5, 5.41) is 6.90. The average Bonchev–Trinajstić information content (AvgIpc) is 2.82. The second-order valence-corrected chi connectivity index (χ2v) is 5.46. The lowest BCUT2D eigenvalue weighted by molar-refractivity contribution is -0.120. The summed E-state index contributed by atoms with van der Waals surface area (Å²) in [5.41, 5.74) is 5.72. The minimum absolute atomic E-state index is 0.0258. The predicted molar refractivity (Wildman–Crippen MR) is 83.0 cm³/mol. The predicted octanol–water partition coefficient (Wildman–Crippen LogP) is 1.77. The Kier molecular flexibility index (Phi) is 4.73. The lowest BCUT2D eigenvalue weighted by Crippen LogP contribution is -2.24. The maximum atomic E-state index is 11.4. The van der Waals surface area contributed by atoms with Crippen molar-refractivity contribution in [3.63, 3.8) is 0 Å². The molecule has 0 bridgehead atoms. The highest BCUT2D eigenvalue weighted by Gasteiger charge is 2.10. The van der Waals surface area contributed by atoms with Gasteiger partial charge in [0.05, 0.1) is 5.39 Å². The number of aryl methyl sites for hydroxylation is 1. The van der Waals surface area contributed by atoms with E-state index in [-0.39, 0.29) is 11.9 Å². The van der Waals surface area contributed by atoms with Crippen LogP contribution in [0.5, 0.6) is 0 Å². The number of fused-ring (bicyclic) bond motifs is 1. The molecule has 0 aliphatic carbocycles. The first-order valence-electron chi connectivity index (χ1n) is 6.70. The van der Waals surface area contributed by atoms with Crippen LogP contribution in [-0.4, -0.2) is 29.0 Å². The molecule has 0 spiro atoms. The van der Waals surface area contributed by atoms with Crippen molar-refractivity contribution in [3.8, 4) is 0 Å². The molecular formula is C13H19N5OS. The third kappa shape index (κ3) is 3.36. The fraction of sp³-hybridized carbons (Fsp3) is 0.462. The van der Waals surface area contributed by atoms with Crippen molar-refractivity contribution in [2.45, 2.75) is 26.7 Å². The van der Waals surface area contributed by atoms with E-state index in [0.29, 0.717) is 25.3 Å². The van der Waals surface area contributed by atoms with Gasteiger partial charge in [-0.3, -0.25) is 4.79 Å². The Bertz CT molecular complexity index is 610. The van der Waals surface area contributed by atoms with E-state index in [4.69, 9.17) is 5.73 Å². The van der Waals surface area contributed by atoms with Crippen LogP contribution in [0.4, 0.5) is 11.8 Å².